The Hall–Kier alpha value is -4.24. The molecule has 9 heteroatoms. The largest absolute Gasteiger partial charge is 0.411 e. The molecule has 5 aromatic rings. The monoisotopic (exact) mass is 494 g/mol. The highest BCUT2D eigenvalue weighted by Crippen LogP contribution is 2.30. The van der Waals surface area contributed by atoms with Crippen molar-refractivity contribution >= 4 is 23.5 Å². The van der Waals surface area contributed by atoms with Crippen LogP contribution < -0.4 is 5.32 Å². The predicted octanol–water partition coefficient (Wildman–Crippen LogP) is 5.20. The number of carbonyl (C=O) groups is 1. The average Bonchev–Trinajstić information content (AvgIpc) is 3.68. The van der Waals surface area contributed by atoms with Crippen molar-refractivity contribution in [2.75, 3.05) is 11.1 Å². The third-order valence-corrected chi connectivity index (χ3v) is 6.85. The second-order valence-corrected chi connectivity index (χ2v) is 9.37. The van der Waals surface area contributed by atoms with Gasteiger partial charge in [-0.3, -0.25) is 9.78 Å². The number of aromatic nitrogens is 5. The number of hydrogen-bond donors (Lipinski definition) is 1. The molecule has 0 radical (unpaired) electrons. The Bertz CT molecular complexity index is 1510. The minimum atomic E-state index is -0.193. The van der Waals surface area contributed by atoms with Crippen LogP contribution in [0.5, 0.6) is 0 Å². The number of para-hydroxylation sites is 1. The fourth-order valence-electron chi connectivity index (χ4n) is 4.29. The molecule has 1 aliphatic carbocycles. The summed E-state index contributed by atoms with van der Waals surface area (Å²) in [5, 5.41) is 16.3. The molecule has 0 saturated carbocycles. The van der Waals surface area contributed by atoms with E-state index in [1.807, 2.05) is 36.4 Å². The van der Waals surface area contributed by atoms with Gasteiger partial charge in [0.15, 0.2) is 0 Å². The van der Waals surface area contributed by atoms with Gasteiger partial charge in [-0.05, 0) is 60.7 Å². The zero-order chi connectivity index (χ0) is 24.3. The number of benzene rings is 2. The molecule has 1 amide bonds. The van der Waals surface area contributed by atoms with Crippen LogP contribution in [0, 0.1) is 0 Å². The average molecular weight is 495 g/mol. The van der Waals surface area contributed by atoms with Gasteiger partial charge in [0.1, 0.15) is 5.82 Å². The Morgan fingerprint density at radius 1 is 0.944 bits per heavy atom. The van der Waals surface area contributed by atoms with E-state index >= 15 is 0 Å². The number of nitrogens with one attached hydrogen (secondary N) is 1. The Labute approximate surface area is 211 Å². The number of thioether (sulfide) groups is 1. The van der Waals surface area contributed by atoms with E-state index in [0.29, 0.717) is 16.9 Å². The van der Waals surface area contributed by atoms with Crippen molar-refractivity contribution in [3.8, 4) is 28.4 Å². The molecule has 3 aromatic heterocycles. The van der Waals surface area contributed by atoms with Gasteiger partial charge in [0.2, 0.25) is 11.8 Å². The van der Waals surface area contributed by atoms with Gasteiger partial charge in [-0.15, -0.1) is 10.2 Å². The lowest BCUT2D eigenvalue weighted by Gasteiger charge is -2.08. The molecule has 0 spiro atoms. The van der Waals surface area contributed by atoms with E-state index in [2.05, 4.69) is 38.7 Å². The van der Waals surface area contributed by atoms with Crippen LogP contribution >= 0.6 is 11.8 Å². The lowest BCUT2D eigenvalue weighted by molar-refractivity contribution is -0.113. The Morgan fingerprint density at radius 3 is 2.64 bits per heavy atom. The summed E-state index contributed by atoms with van der Waals surface area (Å²) in [5.41, 5.74) is 6.31. The first kappa shape index (κ1) is 22.2. The Balaban J connectivity index is 1.21. The van der Waals surface area contributed by atoms with E-state index in [9.17, 15) is 4.79 Å². The lowest BCUT2D eigenvalue weighted by atomic mass is 10.0. The number of hydrogen-bond acceptors (Lipinski definition) is 7. The minimum absolute atomic E-state index is 0.117. The second kappa shape index (κ2) is 9.79. The van der Waals surface area contributed by atoms with E-state index in [1.165, 1.54) is 29.3 Å². The molecule has 0 bridgehead atoms. The number of aryl methyl sites for hydroxylation is 2. The second-order valence-electron chi connectivity index (χ2n) is 8.45. The molecule has 0 saturated heterocycles. The normalized spacial score (nSPS) is 12.4. The molecule has 0 atom stereocenters. The van der Waals surface area contributed by atoms with Gasteiger partial charge in [0.05, 0.1) is 17.1 Å². The van der Waals surface area contributed by atoms with Crippen molar-refractivity contribution in [1.82, 2.24) is 25.0 Å². The first-order chi connectivity index (χ1) is 17.7. The van der Waals surface area contributed by atoms with Crippen molar-refractivity contribution in [3.05, 3.63) is 90.3 Å². The maximum atomic E-state index is 12.9. The van der Waals surface area contributed by atoms with Gasteiger partial charge in [-0.1, -0.05) is 42.1 Å². The molecular formula is C27H22N6O2S. The van der Waals surface area contributed by atoms with Gasteiger partial charge >= 0.3 is 0 Å². The van der Waals surface area contributed by atoms with Crippen molar-refractivity contribution in [3.63, 3.8) is 0 Å². The van der Waals surface area contributed by atoms with E-state index in [0.717, 1.165) is 35.3 Å². The number of rotatable bonds is 7. The first-order valence-electron chi connectivity index (χ1n) is 11.7. The van der Waals surface area contributed by atoms with Crippen LogP contribution in [0.25, 0.3) is 28.4 Å². The molecule has 1 N–H and O–H groups in total. The maximum Gasteiger partial charge on any atom is 0.277 e. The Kier molecular flexibility index (Phi) is 6.05. The van der Waals surface area contributed by atoms with Crippen LogP contribution in [0.4, 0.5) is 5.82 Å². The summed E-state index contributed by atoms with van der Waals surface area (Å²) in [7, 11) is 0. The molecule has 2 aromatic carbocycles. The molecule has 0 aliphatic heterocycles. The molecule has 0 fully saturated rings. The standard InChI is InChI=1S/C27H22N6O2S/c34-25(17-36-27-31-30-26(35-27)19-11-13-28-14-12-19)29-24-16-23(32-33(24)22-7-2-1-3-8-22)21-10-9-18-5-4-6-20(18)15-21/h1-3,7-16H,4-6,17H2,(H,29,34). The van der Waals surface area contributed by atoms with E-state index < -0.39 is 0 Å². The summed E-state index contributed by atoms with van der Waals surface area (Å²) in [6.45, 7) is 0. The fourth-order valence-corrected chi connectivity index (χ4v) is 4.86. The zero-order valence-corrected chi connectivity index (χ0v) is 20.1. The fraction of sp³-hybridized carbons (Fsp3) is 0.148. The Morgan fingerprint density at radius 2 is 1.78 bits per heavy atom. The van der Waals surface area contributed by atoms with Crippen LogP contribution in [0.3, 0.4) is 0 Å². The summed E-state index contributed by atoms with van der Waals surface area (Å²) in [6.07, 6.45) is 6.75. The SMILES string of the molecule is O=C(CSc1nnc(-c2ccncc2)o1)Nc1cc(-c2ccc3c(c2)CCC3)nn1-c1ccccc1. The number of nitrogens with zero attached hydrogens (tertiary/aromatic N) is 5. The summed E-state index contributed by atoms with van der Waals surface area (Å²) in [5.74, 6) is 0.916. The van der Waals surface area contributed by atoms with Crippen LogP contribution in [0.15, 0.2) is 88.8 Å². The molecule has 6 rings (SSSR count). The molecule has 3 heterocycles. The predicted molar refractivity (Wildman–Crippen MR) is 138 cm³/mol. The van der Waals surface area contributed by atoms with E-state index in [-0.39, 0.29) is 11.7 Å². The zero-order valence-electron chi connectivity index (χ0n) is 19.3. The molecular weight excluding hydrogens is 472 g/mol. The number of carbonyl (C=O) groups excluding carboxylic acids is 1. The molecule has 36 heavy (non-hydrogen) atoms. The number of pyridine rings is 1. The summed E-state index contributed by atoms with van der Waals surface area (Å²) in [6, 6.07) is 21.8. The first-order valence-corrected chi connectivity index (χ1v) is 12.7. The summed E-state index contributed by atoms with van der Waals surface area (Å²) < 4.78 is 7.44. The molecule has 178 valence electrons. The van der Waals surface area contributed by atoms with Crippen LogP contribution in [-0.2, 0) is 17.6 Å². The maximum absolute atomic E-state index is 12.9. The number of fused-ring (bicyclic) bond motifs is 1. The topological polar surface area (TPSA) is 98.7 Å². The van der Waals surface area contributed by atoms with Gasteiger partial charge < -0.3 is 9.73 Å². The van der Waals surface area contributed by atoms with Crippen molar-refractivity contribution in [2.24, 2.45) is 0 Å². The van der Waals surface area contributed by atoms with Crippen LogP contribution in [0.2, 0.25) is 0 Å². The highest BCUT2D eigenvalue weighted by Gasteiger charge is 2.17. The molecule has 0 unspecified atom stereocenters. The third-order valence-electron chi connectivity index (χ3n) is 6.03. The van der Waals surface area contributed by atoms with E-state index in [1.54, 1.807) is 29.2 Å². The number of amides is 1. The highest BCUT2D eigenvalue weighted by atomic mass is 32.2. The highest BCUT2D eigenvalue weighted by molar-refractivity contribution is 7.99. The summed E-state index contributed by atoms with van der Waals surface area (Å²) >= 11 is 1.18. The van der Waals surface area contributed by atoms with Gasteiger partial charge in [0, 0.05) is 29.6 Å². The van der Waals surface area contributed by atoms with Gasteiger partial charge in [-0.2, -0.15) is 5.10 Å². The van der Waals surface area contributed by atoms with Crippen molar-refractivity contribution in [2.45, 2.75) is 24.5 Å². The van der Waals surface area contributed by atoms with Crippen LogP contribution in [-0.4, -0.2) is 36.6 Å². The molecule has 8 nitrogen and oxygen atoms in total. The third kappa shape index (κ3) is 4.65. The van der Waals surface area contributed by atoms with Gasteiger partial charge in [0.25, 0.3) is 5.22 Å². The van der Waals surface area contributed by atoms with Crippen LogP contribution in [0.1, 0.15) is 17.5 Å². The van der Waals surface area contributed by atoms with Gasteiger partial charge in [-0.25, -0.2) is 4.68 Å². The minimum Gasteiger partial charge on any atom is -0.411 e. The smallest absolute Gasteiger partial charge is 0.277 e. The van der Waals surface area contributed by atoms with Crippen molar-refractivity contribution < 1.29 is 9.21 Å². The van der Waals surface area contributed by atoms with Crippen molar-refractivity contribution in [1.29, 1.82) is 0 Å². The number of anilines is 1. The summed E-state index contributed by atoms with van der Waals surface area (Å²) in [4.78, 5) is 16.9. The quantitative estimate of drug-likeness (QED) is 0.310. The lowest BCUT2D eigenvalue weighted by Crippen LogP contribution is -2.16. The molecule has 1 aliphatic rings. The van der Waals surface area contributed by atoms with E-state index in [4.69, 9.17) is 9.52 Å².